The van der Waals surface area contributed by atoms with Gasteiger partial charge in [0.1, 0.15) is 0 Å². The van der Waals surface area contributed by atoms with Crippen LogP contribution < -0.4 is 31.6 Å². The molecule has 0 unspecified atom stereocenters. The quantitative estimate of drug-likeness (QED) is 0.247. The number of hydrogen-bond acceptors (Lipinski definition) is 9. The third-order valence-corrected chi connectivity index (χ3v) is 7.50. The van der Waals surface area contributed by atoms with Crippen molar-refractivity contribution in [2.75, 3.05) is 44.8 Å². The molecule has 1 saturated heterocycles. The molecule has 0 aliphatic carbocycles. The van der Waals surface area contributed by atoms with Crippen molar-refractivity contribution in [1.29, 1.82) is 0 Å². The van der Waals surface area contributed by atoms with Crippen LogP contribution in [-0.2, 0) is 0 Å². The van der Waals surface area contributed by atoms with Gasteiger partial charge in [-0.15, -0.1) is 16.9 Å². The van der Waals surface area contributed by atoms with Gasteiger partial charge >= 0.3 is 0 Å². The Kier molecular flexibility index (Phi) is 11.0. The first-order valence-corrected chi connectivity index (χ1v) is 14.3. The number of rotatable bonds is 10. The zero-order valence-electron chi connectivity index (χ0n) is 22.1. The maximum atomic E-state index is 12.9. The summed E-state index contributed by atoms with van der Waals surface area (Å²) in [7, 11) is 1.91. The Morgan fingerprint density at radius 3 is 2.51 bits per heavy atom. The average molecular weight is 571 g/mol. The van der Waals surface area contributed by atoms with E-state index in [1.54, 1.807) is 29.0 Å². The van der Waals surface area contributed by atoms with Gasteiger partial charge in [0.2, 0.25) is 0 Å². The Hall–Kier alpha value is -3.15. The summed E-state index contributed by atoms with van der Waals surface area (Å²) >= 11 is 6.78. The summed E-state index contributed by atoms with van der Waals surface area (Å²) < 4.78 is 8.12. The lowest BCUT2D eigenvalue weighted by Gasteiger charge is -2.26. The second-order valence-corrected chi connectivity index (χ2v) is 11.0. The number of likely N-dealkylation sites (tertiary alicyclic amines) is 1. The number of hydrogen-bond donors (Lipinski definition) is 3. The zero-order chi connectivity index (χ0) is 27.5. The second kappa shape index (κ2) is 14.9. The Bertz CT molecular complexity index is 1290. The number of ether oxygens (including phenoxy) is 1. The summed E-state index contributed by atoms with van der Waals surface area (Å²) in [5.74, 6) is 0.398. The molecular weight excluding hydrogens is 536 g/mol. The SMILES string of the molecule is CNCC1=CN(c2ccc(-n3cccc(OCCCN4CCCCC4)c3=O)cc2)NN1.O=Cc1ccc(Cl)s1. The molecule has 2 aliphatic rings. The molecule has 0 radical (unpaired) electrons. The van der Waals surface area contributed by atoms with Gasteiger partial charge in [-0.2, -0.15) is 0 Å². The molecular formula is C28H35ClN6O3S. The number of likely N-dealkylation sites (N-methyl/N-ethyl adjacent to an activating group) is 1. The van der Waals surface area contributed by atoms with Crippen LogP contribution in [0.25, 0.3) is 5.69 Å². The molecule has 39 heavy (non-hydrogen) atoms. The van der Waals surface area contributed by atoms with E-state index in [9.17, 15) is 9.59 Å². The molecule has 3 N–H and O–H groups in total. The highest BCUT2D eigenvalue weighted by Crippen LogP contribution is 2.20. The second-order valence-electron chi connectivity index (χ2n) is 9.22. The predicted octanol–water partition coefficient (Wildman–Crippen LogP) is 4.20. The number of benzene rings is 1. The number of halogens is 1. The van der Waals surface area contributed by atoms with Crippen LogP contribution in [0.5, 0.6) is 5.75 Å². The number of nitrogens with zero attached hydrogens (tertiary/aromatic N) is 3. The standard InChI is InChI=1S/C23H32N6O2.C5H3ClOS/c1-24-17-19-18-29(26-25-19)21-10-8-20(9-11-21)28-15-5-7-22(23(28)30)31-16-6-14-27-12-3-2-4-13-27;6-5-2-1-4(3-7)8-5/h5,7-11,15,18,24-26H,2-4,6,12-14,16-17H2,1H3;1-3H. The fourth-order valence-electron chi connectivity index (χ4n) is 4.38. The number of nitrogens with one attached hydrogen (secondary N) is 3. The zero-order valence-corrected chi connectivity index (χ0v) is 23.6. The van der Waals surface area contributed by atoms with Crippen molar-refractivity contribution in [2.45, 2.75) is 25.7 Å². The van der Waals surface area contributed by atoms with Gasteiger partial charge in [-0.25, -0.2) is 0 Å². The van der Waals surface area contributed by atoms with Gasteiger partial charge in [0.15, 0.2) is 12.0 Å². The topological polar surface area (TPSA) is 90.9 Å². The van der Waals surface area contributed by atoms with E-state index in [1.807, 2.05) is 48.6 Å². The highest BCUT2D eigenvalue weighted by molar-refractivity contribution is 7.17. The summed E-state index contributed by atoms with van der Waals surface area (Å²) in [4.78, 5) is 26.0. The van der Waals surface area contributed by atoms with E-state index in [-0.39, 0.29) is 5.56 Å². The molecule has 0 bridgehead atoms. The number of carbonyl (C=O) groups is 1. The van der Waals surface area contributed by atoms with Gasteiger partial charge < -0.3 is 20.4 Å². The largest absolute Gasteiger partial charge is 0.488 e. The first-order chi connectivity index (χ1) is 19.1. The summed E-state index contributed by atoms with van der Waals surface area (Å²) in [6.45, 7) is 4.71. The van der Waals surface area contributed by atoms with E-state index in [1.165, 1.54) is 43.7 Å². The Morgan fingerprint density at radius 1 is 1.08 bits per heavy atom. The van der Waals surface area contributed by atoms with Crippen molar-refractivity contribution < 1.29 is 9.53 Å². The van der Waals surface area contributed by atoms with Gasteiger partial charge in [-0.05, 0) is 87.9 Å². The summed E-state index contributed by atoms with van der Waals surface area (Å²) in [6.07, 6.45) is 9.42. The van der Waals surface area contributed by atoms with Crippen LogP contribution in [0.2, 0.25) is 4.34 Å². The number of pyridine rings is 1. The maximum Gasteiger partial charge on any atom is 0.297 e. The average Bonchev–Trinajstić information content (AvgIpc) is 3.62. The van der Waals surface area contributed by atoms with Crippen LogP contribution in [0.4, 0.5) is 5.69 Å². The minimum Gasteiger partial charge on any atom is -0.488 e. The van der Waals surface area contributed by atoms with Crippen molar-refractivity contribution >= 4 is 34.9 Å². The molecule has 4 heterocycles. The van der Waals surface area contributed by atoms with Gasteiger partial charge in [0, 0.05) is 31.2 Å². The van der Waals surface area contributed by atoms with Crippen LogP contribution in [0.3, 0.4) is 0 Å². The van der Waals surface area contributed by atoms with Gasteiger partial charge in [-0.3, -0.25) is 19.2 Å². The number of carbonyl (C=O) groups excluding carboxylic acids is 1. The van der Waals surface area contributed by atoms with Crippen LogP contribution in [0.1, 0.15) is 35.4 Å². The smallest absolute Gasteiger partial charge is 0.297 e. The molecule has 2 aliphatic heterocycles. The lowest BCUT2D eigenvalue weighted by Crippen LogP contribution is -2.37. The number of aromatic nitrogens is 1. The number of piperidine rings is 1. The highest BCUT2D eigenvalue weighted by atomic mass is 35.5. The van der Waals surface area contributed by atoms with Gasteiger partial charge in [-0.1, -0.05) is 18.0 Å². The first-order valence-electron chi connectivity index (χ1n) is 13.1. The number of anilines is 1. The van der Waals surface area contributed by atoms with Crippen molar-refractivity contribution in [2.24, 2.45) is 0 Å². The maximum absolute atomic E-state index is 12.9. The monoisotopic (exact) mass is 570 g/mol. The van der Waals surface area contributed by atoms with Crippen LogP contribution in [-0.4, -0.2) is 55.6 Å². The Morgan fingerprint density at radius 2 is 1.85 bits per heavy atom. The van der Waals surface area contributed by atoms with E-state index >= 15 is 0 Å². The van der Waals surface area contributed by atoms with E-state index in [0.29, 0.717) is 21.6 Å². The molecule has 3 aromatic rings. The molecule has 0 atom stereocenters. The lowest BCUT2D eigenvalue weighted by atomic mass is 10.1. The van der Waals surface area contributed by atoms with Gasteiger partial charge in [0.05, 0.1) is 27.2 Å². The van der Waals surface area contributed by atoms with Gasteiger partial charge in [0.25, 0.3) is 5.56 Å². The minimum atomic E-state index is -0.134. The van der Waals surface area contributed by atoms with Crippen molar-refractivity contribution in [3.63, 3.8) is 0 Å². The van der Waals surface area contributed by atoms with Crippen molar-refractivity contribution in [3.8, 4) is 11.4 Å². The molecule has 1 fully saturated rings. The van der Waals surface area contributed by atoms with E-state index in [2.05, 4.69) is 21.2 Å². The summed E-state index contributed by atoms with van der Waals surface area (Å²) in [6, 6.07) is 14.8. The number of hydrazine groups is 2. The molecule has 9 nitrogen and oxygen atoms in total. The van der Waals surface area contributed by atoms with Crippen LogP contribution in [0.15, 0.2) is 71.4 Å². The molecule has 0 spiro atoms. The molecule has 208 valence electrons. The Balaban J connectivity index is 0.000000379. The molecule has 11 heteroatoms. The van der Waals surface area contributed by atoms with Crippen molar-refractivity contribution in [3.05, 3.63) is 86.2 Å². The third kappa shape index (κ3) is 8.42. The molecule has 0 amide bonds. The van der Waals surface area contributed by atoms with Crippen molar-refractivity contribution in [1.82, 2.24) is 25.7 Å². The fraction of sp³-hybridized carbons (Fsp3) is 0.357. The first kappa shape index (κ1) is 28.8. The van der Waals surface area contributed by atoms with E-state index in [0.717, 1.165) is 42.9 Å². The predicted molar refractivity (Wildman–Crippen MR) is 158 cm³/mol. The van der Waals surface area contributed by atoms with Crippen LogP contribution in [0, 0.1) is 0 Å². The molecule has 0 saturated carbocycles. The molecule has 5 rings (SSSR count). The summed E-state index contributed by atoms with van der Waals surface area (Å²) in [5.41, 5.74) is 8.91. The number of aldehydes is 1. The number of thiophene rings is 1. The molecule has 1 aromatic carbocycles. The van der Waals surface area contributed by atoms with Crippen LogP contribution >= 0.6 is 22.9 Å². The fourth-order valence-corrected chi connectivity index (χ4v) is 5.25. The summed E-state index contributed by atoms with van der Waals surface area (Å²) in [5, 5.41) is 5.01. The highest BCUT2D eigenvalue weighted by Gasteiger charge is 2.13. The van der Waals surface area contributed by atoms with E-state index < -0.39 is 0 Å². The Labute approximate surface area is 238 Å². The molecule has 2 aromatic heterocycles. The normalized spacial score (nSPS) is 15.2. The minimum absolute atomic E-state index is 0.134. The lowest BCUT2D eigenvalue weighted by molar-refractivity contribution is 0.112. The van der Waals surface area contributed by atoms with E-state index in [4.69, 9.17) is 16.3 Å². The third-order valence-electron chi connectivity index (χ3n) is 6.34.